The van der Waals surface area contributed by atoms with E-state index in [-0.39, 0.29) is 11.5 Å². The maximum atomic E-state index is 12.4. The highest BCUT2D eigenvalue weighted by molar-refractivity contribution is 5.95. The van der Waals surface area contributed by atoms with Gasteiger partial charge in [-0.25, -0.2) is 0 Å². The smallest absolute Gasteiger partial charge is 0.253 e. The summed E-state index contributed by atoms with van der Waals surface area (Å²) in [6.07, 6.45) is 0. The molecular weight excluding hydrogens is 306 g/mol. The monoisotopic (exact) mass is 327 g/mol. The Bertz CT molecular complexity index is 779. The van der Waals surface area contributed by atoms with Crippen molar-refractivity contribution in [2.45, 2.75) is 13.5 Å². The minimum atomic E-state index is -0.207. The molecule has 3 rings (SSSR count). The average Bonchev–Trinajstić information content (AvgIpc) is 2.61. The van der Waals surface area contributed by atoms with Crippen LogP contribution >= 0.6 is 0 Å². The van der Waals surface area contributed by atoms with Crippen LogP contribution in [0.25, 0.3) is 0 Å². The van der Waals surface area contributed by atoms with Crippen LogP contribution < -0.4 is 15.8 Å². The maximum Gasteiger partial charge on any atom is 0.253 e. The number of para-hydroxylation sites is 1. The normalized spacial score (nSPS) is 14.5. The molecule has 6 nitrogen and oxygen atoms in total. The van der Waals surface area contributed by atoms with Crippen LogP contribution in [0.4, 0.5) is 5.69 Å². The number of nitrogens with one attached hydrogen (secondary N) is 2. The molecule has 1 aromatic heterocycles. The zero-order valence-electron chi connectivity index (χ0n) is 13.7. The molecule has 1 aliphatic rings. The molecule has 6 heteroatoms. The number of aryl methyl sites for hydroxylation is 1. The molecular formula is C18H21N3O3. The van der Waals surface area contributed by atoms with Crippen LogP contribution in [0.3, 0.4) is 0 Å². The predicted octanol–water partition coefficient (Wildman–Crippen LogP) is 1.45. The molecule has 2 aromatic rings. The number of aromatic nitrogens is 1. The fourth-order valence-corrected chi connectivity index (χ4v) is 2.87. The van der Waals surface area contributed by atoms with Crippen LogP contribution in [0, 0.1) is 6.92 Å². The van der Waals surface area contributed by atoms with Crippen molar-refractivity contribution < 1.29 is 9.53 Å². The van der Waals surface area contributed by atoms with Crippen LogP contribution in [0.2, 0.25) is 0 Å². The Kier molecular flexibility index (Phi) is 4.96. The standard InChI is InChI=1S/C18H21N3O3/c1-13-15(6-7-17(22)20-13)18(23)19-12-14-4-2-3-5-16(14)21-8-10-24-11-9-21/h2-7H,8-12H2,1H3,(H,19,23)(H,20,22). The number of benzene rings is 1. The number of amides is 1. The first-order valence-corrected chi connectivity index (χ1v) is 8.04. The van der Waals surface area contributed by atoms with Crippen LogP contribution in [0.1, 0.15) is 21.6 Å². The van der Waals surface area contributed by atoms with Gasteiger partial charge in [0.05, 0.1) is 18.8 Å². The second kappa shape index (κ2) is 7.31. The van der Waals surface area contributed by atoms with Gasteiger partial charge < -0.3 is 19.9 Å². The number of H-pyrrole nitrogens is 1. The van der Waals surface area contributed by atoms with E-state index in [0.717, 1.165) is 37.6 Å². The number of hydrogen-bond donors (Lipinski definition) is 2. The van der Waals surface area contributed by atoms with E-state index in [1.165, 1.54) is 6.07 Å². The highest BCUT2D eigenvalue weighted by Crippen LogP contribution is 2.21. The molecule has 2 N–H and O–H groups in total. The molecule has 1 amide bonds. The van der Waals surface area contributed by atoms with Gasteiger partial charge in [-0.15, -0.1) is 0 Å². The third-order valence-corrected chi connectivity index (χ3v) is 4.14. The lowest BCUT2D eigenvalue weighted by Crippen LogP contribution is -2.37. The first kappa shape index (κ1) is 16.3. The van der Waals surface area contributed by atoms with E-state index in [2.05, 4.69) is 21.3 Å². The zero-order chi connectivity index (χ0) is 16.9. The molecule has 0 spiro atoms. The number of pyridine rings is 1. The lowest BCUT2D eigenvalue weighted by atomic mass is 10.1. The quantitative estimate of drug-likeness (QED) is 0.891. The number of anilines is 1. The molecule has 1 aromatic carbocycles. The largest absolute Gasteiger partial charge is 0.378 e. The van der Waals surface area contributed by atoms with E-state index >= 15 is 0 Å². The van der Waals surface area contributed by atoms with E-state index in [1.54, 1.807) is 13.0 Å². The van der Waals surface area contributed by atoms with Gasteiger partial charge in [0.2, 0.25) is 5.56 Å². The number of carbonyl (C=O) groups excluding carboxylic acids is 1. The number of morpholine rings is 1. The van der Waals surface area contributed by atoms with Crippen LogP contribution in [-0.4, -0.2) is 37.2 Å². The molecule has 2 heterocycles. The van der Waals surface area contributed by atoms with Crippen molar-refractivity contribution >= 4 is 11.6 Å². The Morgan fingerprint density at radius 3 is 2.71 bits per heavy atom. The molecule has 0 aliphatic carbocycles. The van der Waals surface area contributed by atoms with Gasteiger partial charge in [-0.05, 0) is 24.6 Å². The Morgan fingerprint density at radius 1 is 1.21 bits per heavy atom. The van der Waals surface area contributed by atoms with Gasteiger partial charge >= 0.3 is 0 Å². The van der Waals surface area contributed by atoms with E-state index in [0.29, 0.717) is 17.8 Å². The van der Waals surface area contributed by atoms with Gasteiger partial charge in [-0.1, -0.05) is 18.2 Å². The summed E-state index contributed by atoms with van der Waals surface area (Å²) in [6.45, 7) is 5.30. The summed E-state index contributed by atoms with van der Waals surface area (Å²) in [4.78, 5) is 28.5. The van der Waals surface area contributed by atoms with E-state index in [9.17, 15) is 9.59 Å². The zero-order valence-corrected chi connectivity index (χ0v) is 13.7. The summed E-state index contributed by atoms with van der Waals surface area (Å²) >= 11 is 0. The number of nitrogens with zero attached hydrogens (tertiary/aromatic N) is 1. The third-order valence-electron chi connectivity index (χ3n) is 4.14. The molecule has 24 heavy (non-hydrogen) atoms. The summed E-state index contributed by atoms with van der Waals surface area (Å²) in [7, 11) is 0. The van der Waals surface area contributed by atoms with Crippen molar-refractivity contribution in [1.82, 2.24) is 10.3 Å². The highest BCUT2D eigenvalue weighted by atomic mass is 16.5. The first-order chi connectivity index (χ1) is 11.6. The van der Waals surface area contributed by atoms with E-state index < -0.39 is 0 Å². The van der Waals surface area contributed by atoms with Crippen LogP contribution in [0.5, 0.6) is 0 Å². The minimum absolute atomic E-state index is 0.194. The van der Waals surface area contributed by atoms with Crippen LogP contribution in [0.15, 0.2) is 41.2 Å². The Labute approximate surface area is 140 Å². The Balaban J connectivity index is 1.72. The number of carbonyl (C=O) groups is 1. The van der Waals surface area contributed by atoms with E-state index in [1.807, 2.05) is 18.2 Å². The predicted molar refractivity (Wildman–Crippen MR) is 92.4 cm³/mol. The molecule has 0 unspecified atom stereocenters. The van der Waals surface area contributed by atoms with E-state index in [4.69, 9.17) is 4.74 Å². The third kappa shape index (κ3) is 3.65. The van der Waals surface area contributed by atoms with Crippen molar-refractivity contribution in [2.24, 2.45) is 0 Å². The number of hydrogen-bond acceptors (Lipinski definition) is 4. The average molecular weight is 327 g/mol. The molecule has 0 radical (unpaired) electrons. The fourth-order valence-electron chi connectivity index (χ4n) is 2.87. The van der Waals surface area contributed by atoms with Gasteiger partial charge in [0.25, 0.3) is 5.91 Å². The SMILES string of the molecule is Cc1[nH]c(=O)ccc1C(=O)NCc1ccccc1N1CCOCC1. The van der Waals surface area contributed by atoms with Crippen molar-refractivity contribution in [3.8, 4) is 0 Å². The second-order valence-corrected chi connectivity index (χ2v) is 5.77. The van der Waals surface area contributed by atoms with Crippen molar-refractivity contribution in [1.29, 1.82) is 0 Å². The lowest BCUT2D eigenvalue weighted by Gasteiger charge is -2.30. The van der Waals surface area contributed by atoms with Gasteiger partial charge in [-0.2, -0.15) is 0 Å². The van der Waals surface area contributed by atoms with Gasteiger partial charge in [0, 0.05) is 37.1 Å². The molecule has 0 saturated carbocycles. The van der Waals surface area contributed by atoms with Gasteiger partial charge in [-0.3, -0.25) is 9.59 Å². The minimum Gasteiger partial charge on any atom is -0.378 e. The molecule has 1 fully saturated rings. The number of rotatable bonds is 4. The number of aromatic amines is 1. The summed E-state index contributed by atoms with van der Waals surface area (Å²) in [5.74, 6) is -0.194. The second-order valence-electron chi connectivity index (χ2n) is 5.77. The first-order valence-electron chi connectivity index (χ1n) is 8.04. The van der Waals surface area contributed by atoms with Crippen LogP contribution in [-0.2, 0) is 11.3 Å². The molecule has 1 aliphatic heterocycles. The van der Waals surface area contributed by atoms with Gasteiger partial charge in [0.1, 0.15) is 0 Å². The topological polar surface area (TPSA) is 74.4 Å². The fraction of sp³-hybridized carbons (Fsp3) is 0.333. The Hall–Kier alpha value is -2.60. The van der Waals surface area contributed by atoms with Crippen molar-refractivity contribution in [3.63, 3.8) is 0 Å². The maximum absolute atomic E-state index is 12.4. The molecule has 126 valence electrons. The molecule has 1 saturated heterocycles. The summed E-state index contributed by atoms with van der Waals surface area (Å²) in [5, 5.41) is 2.94. The van der Waals surface area contributed by atoms with Gasteiger partial charge in [0.15, 0.2) is 0 Å². The highest BCUT2D eigenvalue weighted by Gasteiger charge is 2.15. The van der Waals surface area contributed by atoms with Crippen molar-refractivity contribution in [3.05, 3.63) is 63.6 Å². The molecule has 0 bridgehead atoms. The molecule has 0 atom stereocenters. The summed E-state index contributed by atoms with van der Waals surface area (Å²) < 4.78 is 5.40. The Morgan fingerprint density at radius 2 is 1.96 bits per heavy atom. The van der Waals surface area contributed by atoms with Crippen molar-refractivity contribution in [2.75, 3.05) is 31.2 Å². The lowest BCUT2D eigenvalue weighted by molar-refractivity contribution is 0.0949. The summed E-state index contributed by atoms with van der Waals surface area (Å²) in [6, 6.07) is 11.0. The summed E-state index contributed by atoms with van der Waals surface area (Å²) in [5.41, 5.74) is 3.04. The number of ether oxygens (including phenoxy) is 1.